The highest BCUT2D eigenvalue weighted by molar-refractivity contribution is 7.07. The summed E-state index contributed by atoms with van der Waals surface area (Å²) in [4.78, 5) is 44.0. The number of aromatic nitrogens is 1. The first kappa shape index (κ1) is 28.9. The van der Waals surface area contributed by atoms with Crippen molar-refractivity contribution in [1.82, 2.24) is 4.57 Å². The number of carbonyl (C=O) groups is 2. The first-order chi connectivity index (χ1) is 20.3. The van der Waals surface area contributed by atoms with E-state index in [0.717, 1.165) is 5.56 Å². The van der Waals surface area contributed by atoms with Gasteiger partial charge in [-0.25, -0.2) is 14.6 Å². The average molecular weight is 595 g/mol. The summed E-state index contributed by atoms with van der Waals surface area (Å²) in [7, 11) is 1.46. The van der Waals surface area contributed by atoms with Crippen molar-refractivity contribution in [1.29, 1.82) is 0 Å². The van der Waals surface area contributed by atoms with Gasteiger partial charge in [0.2, 0.25) is 0 Å². The Labute approximate surface area is 245 Å². The van der Waals surface area contributed by atoms with Crippen molar-refractivity contribution < 1.29 is 38.0 Å². The quantitative estimate of drug-likeness (QED) is 0.344. The molecule has 2 aliphatic rings. The first-order valence-electron chi connectivity index (χ1n) is 13.4. The van der Waals surface area contributed by atoms with Crippen molar-refractivity contribution in [3.8, 4) is 23.0 Å². The lowest BCUT2D eigenvalue weighted by molar-refractivity contribution is -0.145. The summed E-state index contributed by atoms with van der Waals surface area (Å²) in [5.41, 5.74) is 1.67. The molecule has 1 aromatic heterocycles. The molecule has 0 saturated carbocycles. The zero-order chi connectivity index (χ0) is 29.8. The fourth-order valence-corrected chi connectivity index (χ4v) is 5.77. The number of thiazole rings is 1. The Bertz CT molecular complexity index is 1740. The number of allylic oxidation sites excluding steroid dienone is 1. The Hall–Kier alpha value is -4.58. The molecular formula is C30H30N2O9S. The molecular weight excluding hydrogens is 564 g/mol. The highest BCUT2D eigenvalue weighted by atomic mass is 32.1. The summed E-state index contributed by atoms with van der Waals surface area (Å²) in [6.07, 6.45) is 1.76. The lowest BCUT2D eigenvalue weighted by Gasteiger charge is -2.25. The molecule has 220 valence electrons. The minimum atomic E-state index is -0.851. The monoisotopic (exact) mass is 594 g/mol. The third-order valence-electron chi connectivity index (χ3n) is 6.54. The van der Waals surface area contributed by atoms with Crippen LogP contribution in [0.1, 0.15) is 37.9 Å². The molecule has 0 fully saturated rings. The number of rotatable bonds is 9. The highest BCUT2D eigenvalue weighted by Gasteiger charge is 2.34. The fourth-order valence-electron chi connectivity index (χ4n) is 4.72. The van der Waals surface area contributed by atoms with Gasteiger partial charge < -0.3 is 28.4 Å². The highest BCUT2D eigenvalue weighted by Crippen LogP contribution is 2.36. The van der Waals surface area contributed by atoms with Crippen molar-refractivity contribution >= 4 is 29.4 Å². The summed E-state index contributed by atoms with van der Waals surface area (Å²) >= 11 is 1.22. The third-order valence-corrected chi connectivity index (χ3v) is 7.52. The normalized spacial score (nSPS) is 15.9. The maximum Gasteiger partial charge on any atom is 0.344 e. The second-order valence-corrected chi connectivity index (χ2v) is 10.2. The van der Waals surface area contributed by atoms with E-state index >= 15 is 0 Å². The van der Waals surface area contributed by atoms with Gasteiger partial charge in [0.1, 0.15) is 13.2 Å². The Kier molecular flexibility index (Phi) is 8.62. The molecule has 0 radical (unpaired) electrons. The summed E-state index contributed by atoms with van der Waals surface area (Å²) in [6.45, 7) is 6.16. The molecule has 0 spiro atoms. The Morgan fingerprint density at radius 1 is 1.05 bits per heavy atom. The molecule has 12 heteroatoms. The van der Waals surface area contributed by atoms with Crippen LogP contribution in [0.2, 0.25) is 0 Å². The lowest BCUT2D eigenvalue weighted by Crippen LogP contribution is -2.40. The van der Waals surface area contributed by atoms with Gasteiger partial charge in [-0.2, -0.15) is 0 Å². The molecule has 0 N–H and O–H groups in total. The van der Waals surface area contributed by atoms with E-state index in [1.54, 1.807) is 51.1 Å². The van der Waals surface area contributed by atoms with Crippen molar-refractivity contribution in [2.75, 3.05) is 40.1 Å². The third kappa shape index (κ3) is 5.75. The number of benzene rings is 2. The van der Waals surface area contributed by atoms with Crippen LogP contribution in [0.15, 0.2) is 57.5 Å². The van der Waals surface area contributed by atoms with Crippen LogP contribution in [0.5, 0.6) is 23.0 Å². The molecule has 2 aromatic carbocycles. The molecule has 0 bridgehead atoms. The number of hydrogen-bond acceptors (Lipinski definition) is 11. The molecule has 3 aromatic rings. The number of ether oxygens (including phenoxy) is 6. The molecule has 11 nitrogen and oxygen atoms in total. The van der Waals surface area contributed by atoms with Crippen LogP contribution in [0.3, 0.4) is 0 Å². The zero-order valence-electron chi connectivity index (χ0n) is 23.6. The van der Waals surface area contributed by atoms with E-state index < -0.39 is 18.0 Å². The van der Waals surface area contributed by atoms with Gasteiger partial charge in [0.05, 0.1) is 42.2 Å². The number of esters is 2. The van der Waals surface area contributed by atoms with E-state index in [2.05, 4.69) is 4.99 Å². The van der Waals surface area contributed by atoms with Gasteiger partial charge in [0, 0.05) is 0 Å². The zero-order valence-corrected chi connectivity index (χ0v) is 24.4. The molecule has 3 heterocycles. The molecule has 1 atom stereocenters. The topological polar surface area (TPSA) is 124 Å². The van der Waals surface area contributed by atoms with Gasteiger partial charge in [-0.3, -0.25) is 9.36 Å². The van der Waals surface area contributed by atoms with Crippen LogP contribution in [-0.2, 0) is 19.1 Å². The lowest BCUT2D eigenvalue weighted by atomic mass is 9.95. The van der Waals surface area contributed by atoms with Gasteiger partial charge in [0.15, 0.2) is 34.4 Å². The smallest absolute Gasteiger partial charge is 0.344 e. The first-order valence-corrected chi connectivity index (χ1v) is 14.2. The van der Waals surface area contributed by atoms with Crippen LogP contribution in [0, 0.1) is 0 Å². The number of nitrogens with zero attached hydrogens (tertiary/aromatic N) is 2. The standard InChI is InChI=1S/C30H30N2O9S/c1-5-37-25(33)16-41-20-10-8-19(15-22(20)36-4)27-26(29(35)38-6-2)17(3)31-30-32(27)28(34)24(42-30)14-18-7-9-21-23(13-18)40-12-11-39-21/h7-10,13-15,27H,5-6,11-12,16H2,1-4H3/b24-14-. The fraction of sp³-hybridized carbons (Fsp3) is 0.333. The van der Waals surface area contributed by atoms with Crippen molar-refractivity contribution in [3.05, 3.63) is 78.5 Å². The number of fused-ring (bicyclic) bond motifs is 2. The minimum absolute atomic E-state index is 0.154. The molecule has 42 heavy (non-hydrogen) atoms. The Balaban J connectivity index is 1.60. The van der Waals surface area contributed by atoms with Crippen molar-refractivity contribution in [2.45, 2.75) is 26.8 Å². The summed E-state index contributed by atoms with van der Waals surface area (Å²) in [6, 6.07) is 9.62. The van der Waals surface area contributed by atoms with Gasteiger partial charge in [-0.05, 0) is 62.2 Å². The summed E-state index contributed by atoms with van der Waals surface area (Å²) in [5.74, 6) is 0.784. The van der Waals surface area contributed by atoms with E-state index in [4.69, 9.17) is 28.4 Å². The van der Waals surface area contributed by atoms with Gasteiger partial charge >= 0.3 is 11.9 Å². The van der Waals surface area contributed by atoms with E-state index in [9.17, 15) is 14.4 Å². The molecule has 1 unspecified atom stereocenters. The Morgan fingerprint density at radius 3 is 2.55 bits per heavy atom. The minimum Gasteiger partial charge on any atom is -0.493 e. The van der Waals surface area contributed by atoms with Crippen LogP contribution in [0.4, 0.5) is 0 Å². The van der Waals surface area contributed by atoms with Crippen molar-refractivity contribution in [2.24, 2.45) is 4.99 Å². The Morgan fingerprint density at radius 2 is 1.81 bits per heavy atom. The van der Waals surface area contributed by atoms with Gasteiger partial charge in [-0.15, -0.1) is 0 Å². The van der Waals surface area contributed by atoms with Crippen LogP contribution in [-0.4, -0.2) is 56.6 Å². The second kappa shape index (κ2) is 12.5. The van der Waals surface area contributed by atoms with Crippen LogP contribution < -0.4 is 33.8 Å². The molecule has 5 rings (SSSR count). The van der Waals surface area contributed by atoms with Gasteiger partial charge in [-0.1, -0.05) is 23.5 Å². The largest absolute Gasteiger partial charge is 0.493 e. The van der Waals surface area contributed by atoms with Crippen molar-refractivity contribution in [3.63, 3.8) is 0 Å². The molecule has 0 amide bonds. The second-order valence-electron chi connectivity index (χ2n) is 9.21. The number of methoxy groups -OCH3 is 1. The SMILES string of the molecule is CCOC(=O)COc1ccc(C2C(C(=O)OCC)=C(C)N=c3s/c(=C\c4ccc5c(c4)OCCO5)c(=O)n32)cc1OC. The summed E-state index contributed by atoms with van der Waals surface area (Å²) in [5, 5.41) is 0. The van der Waals surface area contributed by atoms with Gasteiger partial charge in [0.25, 0.3) is 5.56 Å². The van der Waals surface area contributed by atoms with Crippen LogP contribution >= 0.6 is 11.3 Å². The predicted octanol–water partition coefficient (Wildman–Crippen LogP) is 2.52. The number of carbonyl (C=O) groups excluding carboxylic acids is 2. The maximum atomic E-state index is 13.9. The van der Waals surface area contributed by atoms with E-state index in [1.165, 1.54) is 23.0 Å². The average Bonchev–Trinajstić information content (AvgIpc) is 3.29. The predicted molar refractivity (Wildman–Crippen MR) is 153 cm³/mol. The maximum absolute atomic E-state index is 13.9. The summed E-state index contributed by atoms with van der Waals surface area (Å²) < 4.78 is 34.7. The number of hydrogen-bond donors (Lipinski definition) is 0. The van der Waals surface area contributed by atoms with E-state index in [1.807, 2.05) is 12.1 Å². The molecule has 2 aliphatic heterocycles. The van der Waals surface area contributed by atoms with Crippen LogP contribution in [0.25, 0.3) is 6.08 Å². The van der Waals surface area contributed by atoms with E-state index in [0.29, 0.717) is 56.8 Å². The molecule has 0 aliphatic carbocycles. The molecule has 0 saturated heterocycles. The van der Waals surface area contributed by atoms with E-state index in [-0.39, 0.29) is 31.0 Å².